The minimum Gasteiger partial charge on any atom is -0.379 e. The van der Waals surface area contributed by atoms with Crippen molar-refractivity contribution in [2.75, 3.05) is 32.8 Å². The predicted octanol–water partition coefficient (Wildman–Crippen LogP) is 1.31. The molecule has 0 unspecified atom stereocenters. The summed E-state index contributed by atoms with van der Waals surface area (Å²) >= 11 is 6.20. The maximum Gasteiger partial charge on any atom is 0.176 e. The van der Waals surface area contributed by atoms with Gasteiger partial charge in [-0.2, -0.15) is 0 Å². The Morgan fingerprint density at radius 1 is 1.39 bits per heavy atom. The second-order valence-electron chi connectivity index (χ2n) is 4.32. The third kappa shape index (κ3) is 3.29. The molecule has 0 spiro atoms. The summed E-state index contributed by atoms with van der Waals surface area (Å²) in [5, 5.41) is 0.626. The van der Waals surface area contributed by atoms with Gasteiger partial charge in [0, 0.05) is 30.2 Å². The van der Waals surface area contributed by atoms with E-state index in [0.29, 0.717) is 10.6 Å². The van der Waals surface area contributed by atoms with Gasteiger partial charge in [-0.3, -0.25) is 9.69 Å². The molecule has 0 bridgehead atoms. The molecule has 1 aliphatic rings. The predicted molar refractivity (Wildman–Crippen MR) is 70.9 cm³/mol. The van der Waals surface area contributed by atoms with Gasteiger partial charge in [-0.15, -0.1) is 0 Å². The fourth-order valence-corrected chi connectivity index (χ4v) is 2.21. The number of Topliss-reactive ketones (excluding diaryl/α,β-unsaturated/α-hetero) is 1. The molecule has 2 rings (SSSR count). The topological polar surface area (TPSA) is 55.6 Å². The van der Waals surface area contributed by atoms with Crippen molar-refractivity contribution >= 4 is 17.4 Å². The lowest BCUT2D eigenvalue weighted by atomic mass is 10.1. The average Bonchev–Trinajstić information content (AvgIpc) is 2.41. The Morgan fingerprint density at radius 3 is 2.72 bits per heavy atom. The lowest BCUT2D eigenvalue weighted by Gasteiger charge is -2.26. The molecule has 1 aromatic rings. The summed E-state index contributed by atoms with van der Waals surface area (Å²) in [4.78, 5) is 13.7. The van der Waals surface area contributed by atoms with Crippen molar-refractivity contribution in [2.45, 2.75) is 6.54 Å². The van der Waals surface area contributed by atoms with Crippen LogP contribution in [0.3, 0.4) is 0 Å². The largest absolute Gasteiger partial charge is 0.379 e. The van der Waals surface area contributed by atoms with E-state index in [1.54, 1.807) is 12.1 Å². The van der Waals surface area contributed by atoms with Crippen LogP contribution >= 0.6 is 11.6 Å². The van der Waals surface area contributed by atoms with Gasteiger partial charge in [0.05, 0.1) is 19.8 Å². The van der Waals surface area contributed by atoms with Gasteiger partial charge >= 0.3 is 0 Å². The van der Waals surface area contributed by atoms with Gasteiger partial charge in [0.1, 0.15) is 0 Å². The number of hydrogen-bond donors (Lipinski definition) is 1. The Labute approximate surface area is 112 Å². The molecule has 2 N–H and O–H groups in total. The van der Waals surface area contributed by atoms with E-state index in [1.165, 1.54) is 0 Å². The Balaban J connectivity index is 2.07. The molecule has 1 aliphatic heterocycles. The van der Waals surface area contributed by atoms with Crippen molar-refractivity contribution in [1.82, 2.24) is 4.90 Å². The normalized spacial score (nSPS) is 16.8. The van der Waals surface area contributed by atoms with Gasteiger partial charge in [-0.1, -0.05) is 23.7 Å². The molecule has 0 saturated carbocycles. The monoisotopic (exact) mass is 268 g/mol. The number of ether oxygens (including phenoxy) is 1. The molecule has 1 heterocycles. The van der Waals surface area contributed by atoms with Crippen molar-refractivity contribution in [1.29, 1.82) is 0 Å². The van der Waals surface area contributed by atoms with Crippen LogP contribution < -0.4 is 5.73 Å². The molecule has 1 aromatic carbocycles. The van der Waals surface area contributed by atoms with Gasteiger partial charge in [-0.25, -0.2) is 0 Å². The van der Waals surface area contributed by atoms with E-state index in [1.807, 2.05) is 6.07 Å². The fraction of sp³-hybridized carbons (Fsp3) is 0.462. The smallest absolute Gasteiger partial charge is 0.176 e. The maximum atomic E-state index is 11.5. The highest BCUT2D eigenvalue weighted by Crippen LogP contribution is 2.20. The third-order valence-electron chi connectivity index (χ3n) is 3.06. The zero-order valence-corrected chi connectivity index (χ0v) is 10.9. The number of morpholine rings is 1. The molecule has 0 amide bonds. The number of nitrogens with two attached hydrogens (primary N) is 1. The van der Waals surface area contributed by atoms with Crippen LogP contribution in [0.1, 0.15) is 15.9 Å². The number of halogens is 1. The van der Waals surface area contributed by atoms with Crippen LogP contribution in [0.15, 0.2) is 18.2 Å². The Morgan fingerprint density at radius 2 is 2.11 bits per heavy atom. The summed E-state index contributed by atoms with van der Waals surface area (Å²) in [6.07, 6.45) is 0. The van der Waals surface area contributed by atoms with Crippen molar-refractivity contribution in [3.05, 3.63) is 34.3 Å². The van der Waals surface area contributed by atoms with Gasteiger partial charge in [-0.05, 0) is 11.6 Å². The summed E-state index contributed by atoms with van der Waals surface area (Å²) in [5.41, 5.74) is 6.94. The van der Waals surface area contributed by atoms with Crippen LogP contribution in [0.5, 0.6) is 0 Å². The quantitative estimate of drug-likeness (QED) is 0.837. The van der Waals surface area contributed by atoms with E-state index in [-0.39, 0.29) is 12.3 Å². The fourth-order valence-electron chi connectivity index (χ4n) is 1.97. The van der Waals surface area contributed by atoms with Crippen LogP contribution in [-0.2, 0) is 11.3 Å². The molecular weight excluding hydrogens is 252 g/mol. The van der Waals surface area contributed by atoms with Gasteiger partial charge in [0.2, 0.25) is 0 Å². The highest BCUT2D eigenvalue weighted by molar-refractivity contribution is 6.31. The molecule has 0 atom stereocenters. The highest BCUT2D eigenvalue weighted by Gasteiger charge is 2.13. The lowest BCUT2D eigenvalue weighted by Crippen LogP contribution is -2.35. The zero-order chi connectivity index (χ0) is 13.0. The summed E-state index contributed by atoms with van der Waals surface area (Å²) < 4.78 is 5.30. The highest BCUT2D eigenvalue weighted by atomic mass is 35.5. The van der Waals surface area contributed by atoms with Gasteiger partial charge in [0.15, 0.2) is 5.78 Å². The molecule has 1 fully saturated rings. The Kier molecular flexibility index (Phi) is 4.72. The van der Waals surface area contributed by atoms with Crippen LogP contribution in [0.25, 0.3) is 0 Å². The number of hydrogen-bond acceptors (Lipinski definition) is 4. The first-order valence-corrected chi connectivity index (χ1v) is 6.40. The van der Waals surface area contributed by atoms with Crippen molar-refractivity contribution < 1.29 is 9.53 Å². The van der Waals surface area contributed by atoms with Crippen LogP contribution in [0, 0.1) is 0 Å². The van der Waals surface area contributed by atoms with E-state index in [2.05, 4.69) is 4.90 Å². The molecule has 18 heavy (non-hydrogen) atoms. The van der Waals surface area contributed by atoms with E-state index in [0.717, 1.165) is 38.4 Å². The van der Waals surface area contributed by atoms with Crippen molar-refractivity contribution in [2.24, 2.45) is 5.73 Å². The van der Waals surface area contributed by atoms with Crippen molar-refractivity contribution in [3.63, 3.8) is 0 Å². The number of carbonyl (C=O) groups is 1. The molecule has 0 aromatic heterocycles. The summed E-state index contributed by atoms with van der Waals surface area (Å²) in [6.45, 7) is 4.17. The second kappa shape index (κ2) is 6.29. The Hall–Kier alpha value is -0.940. The number of nitrogens with zero attached hydrogens (tertiary/aromatic N) is 1. The molecule has 0 radical (unpaired) electrons. The third-order valence-corrected chi connectivity index (χ3v) is 3.41. The minimum absolute atomic E-state index is 0.0130. The molecular formula is C13H17ClN2O2. The standard InChI is InChI=1S/C13H17ClN2O2/c14-12-7-10(13(17)8-15)1-2-11(12)9-16-3-5-18-6-4-16/h1-2,7H,3-6,8-9,15H2. The lowest BCUT2D eigenvalue weighted by molar-refractivity contribution is 0.0342. The van der Waals surface area contributed by atoms with E-state index >= 15 is 0 Å². The summed E-state index contributed by atoms with van der Waals surface area (Å²) in [5.74, 6) is -0.0881. The van der Waals surface area contributed by atoms with Crippen LogP contribution in [0.2, 0.25) is 5.02 Å². The van der Waals surface area contributed by atoms with Gasteiger partial charge < -0.3 is 10.5 Å². The van der Waals surface area contributed by atoms with Gasteiger partial charge in [0.25, 0.3) is 0 Å². The average molecular weight is 269 g/mol. The number of rotatable bonds is 4. The molecule has 0 aliphatic carbocycles. The van der Waals surface area contributed by atoms with Crippen molar-refractivity contribution in [3.8, 4) is 0 Å². The molecule has 1 saturated heterocycles. The van der Waals surface area contributed by atoms with Crippen LogP contribution in [0.4, 0.5) is 0 Å². The first kappa shape index (κ1) is 13.5. The minimum atomic E-state index is -0.0881. The number of carbonyl (C=O) groups excluding carboxylic acids is 1. The van der Waals surface area contributed by atoms with E-state index in [9.17, 15) is 4.79 Å². The molecule has 98 valence electrons. The first-order valence-electron chi connectivity index (χ1n) is 6.02. The zero-order valence-electron chi connectivity index (χ0n) is 10.2. The first-order chi connectivity index (χ1) is 8.70. The van der Waals surface area contributed by atoms with E-state index < -0.39 is 0 Å². The SMILES string of the molecule is NCC(=O)c1ccc(CN2CCOCC2)c(Cl)c1. The second-order valence-corrected chi connectivity index (χ2v) is 4.73. The maximum absolute atomic E-state index is 11.5. The summed E-state index contributed by atoms with van der Waals surface area (Å²) in [7, 11) is 0. The van der Waals surface area contributed by atoms with E-state index in [4.69, 9.17) is 22.1 Å². The number of ketones is 1. The number of benzene rings is 1. The summed E-state index contributed by atoms with van der Waals surface area (Å²) in [6, 6.07) is 5.39. The molecule has 4 nitrogen and oxygen atoms in total. The van der Waals surface area contributed by atoms with Crippen LogP contribution in [-0.4, -0.2) is 43.5 Å². The molecule has 5 heteroatoms. The Bertz CT molecular complexity index is 431.